The molecule has 8 heteroatoms. The summed E-state index contributed by atoms with van der Waals surface area (Å²) < 4.78 is 28.8. The van der Waals surface area contributed by atoms with Crippen LogP contribution < -0.4 is 5.56 Å². The average molecular weight is 335 g/mol. The van der Waals surface area contributed by atoms with E-state index in [1.54, 1.807) is 0 Å². The van der Waals surface area contributed by atoms with Crippen molar-refractivity contribution in [1.29, 1.82) is 0 Å². The molecule has 0 bridgehead atoms. The first-order chi connectivity index (χ1) is 11.0. The van der Waals surface area contributed by atoms with Crippen molar-refractivity contribution < 1.29 is 8.78 Å². The number of hydrogen-bond acceptors (Lipinski definition) is 4. The molecule has 0 saturated carbocycles. The molecule has 0 fully saturated rings. The van der Waals surface area contributed by atoms with Gasteiger partial charge in [0, 0.05) is 24.6 Å². The minimum absolute atomic E-state index is 0.0237. The van der Waals surface area contributed by atoms with Gasteiger partial charge in [-0.25, -0.2) is 23.7 Å². The maximum absolute atomic E-state index is 14.1. The van der Waals surface area contributed by atoms with Crippen molar-refractivity contribution >= 4 is 22.6 Å². The number of halogens is 3. The highest BCUT2D eigenvalue weighted by Gasteiger charge is 2.22. The second-order valence-corrected chi connectivity index (χ2v) is 5.59. The highest BCUT2D eigenvalue weighted by molar-refractivity contribution is 6.28. The lowest BCUT2D eigenvalue weighted by Gasteiger charge is -2.09. The van der Waals surface area contributed by atoms with Gasteiger partial charge in [0.1, 0.15) is 28.7 Å². The molecular weight excluding hydrogens is 326 g/mol. The summed E-state index contributed by atoms with van der Waals surface area (Å²) in [5.74, 6) is -0.898. The Bertz CT molecular complexity index is 1020. The number of fused-ring (bicyclic) bond motifs is 2. The summed E-state index contributed by atoms with van der Waals surface area (Å²) in [6.45, 7) is 0.568. The van der Waals surface area contributed by atoms with Gasteiger partial charge in [-0.05, 0) is 30.2 Å². The van der Waals surface area contributed by atoms with E-state index in [0.29, 0.717) is 18.8 Å². The maximum Gasteiger partial charge on any atom is 0.280 e. The van der Waals surface area contributed by atoms with Crippen molar-refractivity contribution in [2.24, 2.45) is 0 Å². The number of rotatable bonds is 1. The van der Waals surface area contributed by atoms with Crippen LogP contribution in [0, 0.1) is 11.6 Å². The predicted octanol–water partition coefficient (Wildman–Crippen LogP) is 2.73. The normalized spacial score (nSPS) is 13.5. The van der Waals surface area contributed by atoms with Crippen LogP contribution in [0.1, 0.15) is 12.2 Å². The quantitative estimate of drug-likeness (QED) is 0.642. The van der Waals surface area contributed by atoms with Crippen LogP contribution >= 0.6 is 11.6 Å². The second kappa shape index (κ2) is 5.06. The molecule has 0 amide bonds. The summed E-state index contributed by atoms with van der Waals surface area (Å²) in [6.07, 6.45) is 1.46. The molecule has 0 unspecified atom stereocenters. The SMILES string of the molecule is O=c1c2nc(Cl)nc(-c3ccc(F)cc3F)c2nc2n1CCC2. The molecule has 0 atom stereocenters. The molecule has 3 heterocycles. The number of benzene rings is 1. The second-order valence-electron chi connectivity index (χ2n) is 5.25. The van der Waals surface area contributed by atoms with Gasteiger partial charge < -0.3 is 0 Å². The molecule has 5 nitrogen and oxygen atoms in total. The van der Waals surface area contributed by atoms with Crippen molar-refractivity contribution in [3.8, 4) is 11.3 Å². The zero-order valence-corrected chi connectivity index (χ0v) is 12.4. The molecule has 0 N–H and O–H groups in total. The molecule has 1 aliphatic rings. The van der Waals surface area contributed by atoms with E-state index in [0.717, 1.165) is 18.6 Å². The third kappa shape index (κ3) is 2.19. The standard InChI is InChI=1S/C15H9ClF2N4O/c16-15-20-11(8-4-3-7(17)6-9(8)18)12-13(21-15)14(23)22-5-1-2-10(22)19-12/h3-4,6H,1-2,5H2. The number of aryl methyl sites for hydroxylation is 1. The minimum Gasteiger partial charge on any atom is -0.295 e. The highest BCUT2D eigenvalue weighted by atomic mass is 35.5. The van der Waals surface area contributed by atoms with Gasteiger partial charge in [-0.1, -0.05) is 0 Å². The van der Waals surface area contributed by atoms with Gasteiger partial charge in [0.25, 0.3) is 5.56 Å². The fraction of sp³-hybridized carbons (Fsp3) is 0.200. The Morgan fingerprint density at radius 3 is 2.74 bits per heavy atom. The Labute approximate surface area is 133 Å². The van der Waals surface area contributed by atoms with Crippen molar-refractivity contribution in [2.75, 3.05) is 0 Å². The van der Waals surface area contributed by atoms with Crippen molar-refractivity contribution in [1.82, 2.24) is 19.5 Å². The van der Waals surface area contributed by atoms with Gasteiger partial charge in [-0.2, -0.15) is 0 Å². The first kappa shape index (κ1) is 14.2. The Hall–Kier alpha value is -2.41. The molecule has 23 heavy (non-hydrogen) atoms. The van der Waals surface area contributed by atoms with E-state index in [1.807, 2.05) is 0 Å². The van der Waals surface area contributed by atoms with Crippen LogP contribution in [0.2, 0.25) is 5.28 Å². The molecular formula is C15H9ClF2N4O. The van der Waals surface area contributed by atoms with E-state index >= 15 is 0 Å². The minimum atomic E-state index is -0.802. The lowest BCUT2D eigenvalue weighted by atomic mass is 10.1. The third-order valence-corrected chi connectivity index (χ3v) is 3.99. The first-order valence-electron chi connectivity index (χ1n) is 6.97. The Balaban J connectivity index is 2.11. The van der Waals surface area contributed by atoms with Gasteiger partial charge in [0.2, 0.25) is 5.28 Å². The Morgan fingerprint density at radius 2 is 1.96 bits per heavy atom. The van der Waals surface area contributed by atoms with E-state index in [2.05, 4.69) is 15.0 Å². The molecule has 3 aromatic rings. The smallest absolute Gasteiger partial charge is 0.280 e. The van der Waals surface area contributed by atoms with Crippen LogP contribution in [0.4, 0.5) is 8.78 Å². The fourth-order valence-corrected chi connectivity index (χ4v) is 2.97. The van der Waals surface area contributed by atoms with E-state index < -0.39 is 11.6 Å². The zero-order valence-electron chi connectivity index (χ0n) is 11.7. The van der Waals surface area contributed by atoms with Crippen LogP contribution in [0.3, 0.4) is 0 Å². The summed E-state index contributed by atoms with van der Waals surface area (Å²) in [4.78, 5) is 24.9. The number of hydrogen-bond donors (Lipinski definition) is 0. The Kier molecular flexibility index (Phi) is 3.12. The summed E-state index contributed by atoms with van der Waals surface area (Å²) in [5.41, 5.74) is 0.00319. The van der Waals surface area contributed by atoms with Gasteiger partial charge in [0.05, 0.1) is 0 Å². The molecule has 116 valence electrons. The van der Waals surface area contributed by atoms with Crippen LogP contribution in [0.15, 0.2) is 23.0 Å². The lowest BCUT2D eigenvalue weighted by molar-refractivity contribution is 0.585. The summed E-state index contributed by atoms with van der Waals surface area (Å²) in [7, 11) is 0. The summed E-state index contributed by atoms with van der Waals surface area (Å²) in [6, 6.07) is 3.10. The van der Waals surface area contributed by atoms with E-state index in [1.165, 1.54) is 10.6 Å². The topological polar surface area (TPSA) is 60.7 Å². The van der Waals surface area contributed by atoms with Crippen LogP contribution in [0.25, 0.3) is 22.3 Å². The number of nitrogens with zero attached hydrogens (tertiary/aromatic N) is 4. The number of aromatic nitrogens is 4. The zero-order chi connectivity index (χ0) is 16.1. The van der Waals surface area contributed by atoms with Crippen molar-refractivity contribution in [3.05, 3.63) is 51.3 Å². The monoisotopic (exact) mass is 334 g/mol. The summed E-state index contributed by atoms with van der Waals surface area (Å²) >= 11 is 5.89. The molecule has 0 spiro atoms. The molecule has 4 rings (SSSR count). The summed E-state index contributed by atoms with van der Waals surface area (Å²) in [5, 5.41) is -0.186. The molecule has 1 aliphatic heterocycles. The highest BCUT2D eigenvalue weighted by Crippen LogP contribution is 2.28. The van der Waals surface area contributed by atoms with E-state index in [4.69, 9.17) is 11.6 Å². The van der Waals surface area contributed by atoms with Gasteiger partial charge >= 0.3 is 0 Å². The van der Waals surface area contributed by atoms with E-state index in [9.17, 15) is 13.6 Å². The Morgan fingerprint density at radius 1 is 1.13 bits per heavy atom. The van der Waals surface area contributed by atoms with Crippen LogP contribution in [-0.4, -0.2) is 19.5 Å². The lowest BCUT2D eigenvalue weighted by Crippen LogP contribution is -2.22. The molecule has 2 aromatic heterocycles. The van der Waals surface area contributed by atoms with Crippen molar-refractivity contribution in [2.45, 2.75) is 19.4 Å². The van der Waals surface area contributed by atoms with Crippen molar-refractivity contribution in [3.63, 3.8) is 0 Å². The fourth-order valence-electron chi connectivity index (χ4n) is 2.80. The molecule has 0 aliphatic carbocycles. The first-order valence-corrected chi connectivity index (χ1v) is 7.35. The molecule has 0 saturated heterocycles. The maximum atomic E-state index is 14.1. The van der Waals surface area contributed by atoms with Crippen LogP contribution in [-0.2, 0) is 13.0 Å². The van der Waals surface area contributed by atoms with Gasteiger partial charge in [-0.15, -0.1) is 0 Å². The predicted molar refractivity (Wildman–Crippen MR) is 80.3 cm³/mol. The molecule has 0 radical (unpaired) electrons. The van der Waals surface area contributed by atoms with Crippen LogP contribution in [0.5, 0.6) is 0 Å². The average Bonchev–Trinajstić information content (AvgIpc) is 2.97. The van der Waals surface area contributed by atoms with Gasteiger partial charge in [0.15, 0.2) is 5.52 Å². The van der Waals surface area contributed by atoms with E-state index in [-0.39, 0.29) is 33.1 Å². The van der Waals surface area contributed by atoms with Gasteiger partial charge in [-0.3, -0.25) is 9.36 Å². The third-order valence-electron chi connectivity index (χ3n) is 3.83. The molecule has 1 aromatic carbocycles. The largest absolute Gasteiger partial charge is 0.295 e.